The molecular weight excluding hydrogens is 447 g/mol. The van der Waals surface area contributed by atoms with Crippen molar-refractivity contribution in [3.63, 3.8) is 0 Å². The summed E-state index contributed by atoms with van der Waals surface area (Å²) in [6, 6.07) is 6.91. The number of hydrogen-bond donors (Lipinski definition) is 0. The molecule has 2 aromatic carbocycles. The second-order valence-electron chi connectivity index (χ2n) is 7.14. The van der Waals surface area contributed by atoms with E-state index in [4.69, 9.17) is 9.47 Å². The molecule has 9 nitrogen and oxygen atoms in total. The van der Waals surface area contributed by atoms with Crippen molar-refractivity contribution >= 4 is 23.6 Å². The van der Waals surface area contributed by atoms with Crippen molar-refractivity contribution in [1.29, 1.82) is 0 Å². The number of benzene rings is 2. The van der Waals surface area contributed by atoms with E-state index in [1.54, 1.807) is 4.90 Å². The van der Waals surface area contributed by atoms with Crippen LogP contribution in [0.3, 0.4) is 0 Å². The Hall–Kier alpha value is -3.83. The normalized spacial score (nSPS) is 14.1. The first kappa shape index (κ1) is 23.8. The topological polar surface area (TPSA) is 102 Å². The van der Waals surface area contributed by atoms with Crippen molar-refractivity contribution in [2.45, 2.75) is 6.18 Å². The van der Waals surface area contributed by atoms with Crippen molar-refractivity contribution < 1.29 is 37.2 Å². The van der Waals surface area contributed by atoms with Crippen molar-refractivity contribution in [2.75, 3.05) is 44.8 Å². The minimum atomic E-state index is -4.69. The largest absolute Gasteiger partial charge is 0.493 e. The van der Waals surface area contributed by atoms with Gasteiger partial charge in [0.1, 0.15) is 12.0 Å². The molecule has 0 atom stereocenters. The number of carbonyl (C=O) groups excluding carboxylic acids is 2. The van der Waals surface area contributed by atoms with Gasteiger partial charge in [-0.25, -0.2) is 0 Å². The van der Waals surface area contributed by atoms with E-state index < -0.39 is 22.4 Å². The van der Waals surface area contributed by atoms with Gasteiger partial charge in [0.25, 0.3) is 11.6 Å². The summed E-state index contributed by atoms with van der Waals surface area (Å²) in [6.07, 6.45) is -4.04. The highest BCUT2D eigenvalue weighted by molar-refractivity contribution is 5.79. The lowest BCUT2D eigenvalue weighted by molar-refractivity contribution is -0.384. The number of rotatable bonds is 7. The van der Waals surface area contributed by atoms with Crippen LogP contribution in [-0.4, -0.2) is 61.9 Å². The quantitative estimate of drug-likeness (QED) is 0.350. The van der Waals surface area contributed by atoms with Gasteiger partial charge >= 0.3 is 6.18 Å². The van der Waals surface area contributed by atoms with Gasteiger partial charge in [0, 0.05) is 37.8 Å². The van der Waals surface area contributed by atoms with E-state index in [2.05, 4.69) is 0 Å². The molecule has 1 fully saturated rings. The molecule has 176 valence electrons. The standard InChI is InChI=1S/C21H20F3N3O6/c1-32-19-10-14(12-28)2-5-18(19)33-13-20(29)26-8-6-25(7-9-26)16-4-3-15(21(22,23)24)11-17(16)27(30)31/h2-5,10-12H,6-9,13H2,1H3. The summed E-state index contributed by atoms with van der Waals surface area (Å²) in [5.41, 5.74) is -1.28. The van der Waals surface area contributed by atoms with Gasteiger partial charge in [-0.1, -0.05) is 0 Å². The average molecular weight is 467 g/mol. The van der Waals surface area contributed by atoms with Crippen LogP contribution in [0, 0.1) is 10.1 Å². The van der Waals surface area contributed by atoms with Crippen molar-refractivity contribution in [3.8, 4) is 11.5 Å². The third-order valence-electron chi connectivity index (χ3n) is 5.15. The summed E-state index contributed by atoms with van der Waals surface area (Å²) in [6.45, 7) is 0.533. The highest BCUT2D eigenvalue weighted by Gasteiger charge is 2.34. The fraction of sp³-hybridized carbons (Fsp3) is 0.333. The number of amides is 1. The smallest absolute Gasteiger partial charge is 0.416 e. The Kier molecular flexibility index (Phi) is 7.04. The molecule has 3 rings (SSSR count). The first-order chi connectivity index (χ1) is 15.6. The maximum absolute atomic E-state index is 12.9. The number of nitro groups is 1. The second kappa shape index (κ2) is 9.76. The molecule has 0 bridgehead atoms. The fourth-order valence-electron chi connectivity index (χ4n) is 3.42. The maximum atomic E-state index is 12.9. The van der Waals surface area contributed by atoms with Crippen LogP contribution in [0.5, 0.6) is 11.5 Å². The van der Waals surface area contributed by atoms with Crippen LogP contribution in [0.4, 0.5) is 24.5 Å². The highest BCUT2D eigenvalue weighted by Crippen LogP contribution is 2.36. The number of alkyl halides is 3. The summed E-state index contributed by atoms with van der Waals surface area (Å²) in [4.78, 5) is 36.9. The summed E-state index contributed by atoms with van der Waals surface area (Å²) in [7, 11) is 1.40. The highest BCUT2D eigenvalue weighted by atomic mass is 19.4. The lowest BCUT2D eigenvalue weighted by Gasteiger charge is -2.35. The van der Waals surface area contributed by atoms with E-state index in [-0.39, 0.29) is 50.1 Å². The molecule has 0 unspecified atom stereocenters. The SMILES string of the molecule is COc1cc(C=O)ccc1OCC(=O)N1CCN(c2ccc(C(F)(F)F)cc2[N+](=O)[O-])CC1. The van der Waals surface area contributed by atoms with Gasteiger partial charge < -0.3 is 19.3 Å². The minimum Gasteiger partial charge on any atom is -0.493 e. The number of methoxy groups -OCH3 is 1. The molecule has 0 radical (unpaired) electrons. The zero-order chi connectivity index (χ0) is 24.2. The summed E-state index contributed by atoms with van der Waals surface area (Å²) >= 11 is 0. The number of halogens is 3. The number of hydrogen-bond acceptors (Lipinski definition) is 7. The summed E-state index contributed by atoms with van der Waals surface area (Å²) < 4.78 is 49.4. The molecule has 1 aliphatic rings. The van der Waals surface area contributed by atoms with Crippen LogP contribution < -0.4 is 14.4 Å². The number of carbonyl (C=O) groups is 2. The Labute approximate surface area is 186 Å². The van der Waals surface area contributed by atoms with Crippen LogP contribution in [0.15, 0.2) is 36.4 Å². The molecule has 0 spiro atoms. The predicted octanol–water partition coefficient (Wildman–Crippen LogP) is 3.16. The Morgan fingerprint density at radius 3 is 2.39 bits per heavy atom. The van der Waals surface area contributed by atoms with Gasteiger partial charge in [0.05, 0.1) is 17.6 Å². The zero-order valence-corrected chi connectivity index (χ0v) is 17.5. The lowest BCUT2D eigenvalue weighted by atomic mass is 10.1. The number of anilines is 1. The average Bonchev–Trinajstić information content (AvgIpc) is 2.81. The summed E-state index contributed by atoms with van der Waals surface area (Å²) in [5, 5.41) is 11.3. The molecule has 0 N–H and O–H groups in total. The van der Waals surface area contributed by atoms with Gasteiger partial charge in [-0.05, 0) is 30.3 Å². The third-order valence-corrected chi connectivity index (χ3v) is 5.15. The Balaban J connectivity index is 1.62. The van der Waals surface area contributed by atoms with Crippen LogP contribution >= 0.6 is 0 Å². The molecule has 12 heteroatoms. The van der Waals surface area contributed by atoms with Crippen LogP contribution in [-0.2, 0) is 11.0 Å². The van der Waals surface area contributed by atoms with E-state index in [0.29, 0.717) is 23.7 Å². The molecule has 0 aromatic heterocycles. The first-order valence-electron chi connectivity index (χ1n) is 9.78. The molecule has 1 saturated heterocycles. The zero-order valence-electron chi connectivity index (χ0n) is 17.5. The molecular formula is C21H20F3N3O6. The van der Waals surface area contributed by atoms with Crippen LogP contribution in [0.2, 0.25) is 0 Å². The van der Waals surface area contributed by atoms with E-state index in [1.807, 2.05) is 0 Å². The Morgan fingerprint density at radius 2 is 1.82 bits per heavy atom. The molecule has 0 saturated carbocycles. The van der Waals surface area contributed by atoms with Crippen molar-refractivity contribution in [3.05, 3.63) is 57.6 Å². The predicted molar refractivity (Wildman–Crippen MR) is 111 cm³/mol. The van der Waals surface area contributed by atoms with Crippen LogP contribution in [0.1, 0.15) is 15.9 Å². The van der Waals surface area contributed by atoms with Gasteiger partial charge in [0.15, 0.2) is 18.1 Å². The Morgan fingerprint density at radius 1 is 1.12 bits per heavy atom. The minimum absolute atomic E-state index is 0.0661. The molecule has 1 amide bonds. The second-order valence-corrected chi connectivity index (χ2v) is 7.14. The van der Waals surface area contributed by atoms with Gasteiger partial charge in [-0.2, -0.15) is 13.2 Å². The van der Waals surface area contributed by atoms with E-state index in [0.717, 1.165) is 12.1 Å². The Bertz CT molecular complexity index is 1050. The van der Waals surface area contributed by atoms with Gasteiger partial charge in [0.2, 0.25) is 0 Å². The maximum Gasteiger partial charge on any atom is 0.416 e. The molecule has 2 aromatic rings. The number of piperazine rings is 1. The molecule has 1 aliphatic heterocycles. The monoisotopic (exact) mass is 467 g/mol. The number of ether oxygens (including phenoxy) is 2. The summed E-state index contributed by atoms with van der Waals surface area (Å²) in [5.74, 6) is 0.250. The van der Waals surface area contributed by atoms with E-state index in [9.17, 15) is 32.9 Å². The molecule has 1 heterocycles. The van der Waals surface area contributed by atoms with Crippen LogP contribution in [0.25, 0.3) is 0 Å². The van der Waals surface area contributed by atoms with E-state index >= 15 is 0 Å². The van der Waals surface area contributed by atoms with Crippen molar-refractivity contribution in [1.82, 2.24) is 4.90 Å². The first-order valence-corrected chi connectivity index (χ1v) is 9.78. The van der Waals surface area contributed by atoms with Crippen molar-refractivity contribution in [2.24, 2.45) is 0 Å². The fourth-order valence-corrected chi connectivity index (χ4v) is 3.42. The third kappa shape index (κ3) is 5.51. The van der Waals surface area contributed by atoms with Gasteiger partial charge in [-0.15, -0.1) is 0 Å². The lowest BCUT2D eigenvalue weighted by Crippen LogP contribution is -2.50. The number of nitro benzene ring substituents is 1. The van der Waals surface area contributed by atoms with Gasteiger partial charge in [-0.3, -0.25) is 19.7 Å². The molecule has 0 aliphatic carbocycles. The van der Waals surface area contributed by atoms with E-state index in [1.165, 1.54) is 30.2 Å². The number of aldehydes is 1. The molecule has 33 heavy (non-hydrogen) atoms. The number of nitrogens with zero attached hydrogens (tertiary/aromatic N) is 3.